The van der Waals surface area contributed by atoms with E-state index >= 15 is 0 Å². The van der Waals surface area contributed by atoms with Gasteiger partial charge >= 0.3 is 6.01 Å². The van der Waals surface area contributed by atoms with Crippen molar-refractivity contribution in [2.75, 3.05) is 0 Å². The minimum atomic E-state index is 0.337. The summed E-state index contributed by atoms with van der Waals surface area (Å²) in [6, 6.07) is 9.55. The molecule has 0 unspecified atom stereocenters. The van der Waals surface area contributed by atoms with E-state index in [2.05, 4.69) is 9.97 Å². The fourth-order valence-electron chi connectivity index (χ4n) is 0.860. The van der Waals surface area contributed by atoms with Gasteiger partial charge in [0.2, 0.25) is 0 Å². The first kappa shape index (κ1) is 7.67. The lowest BCUT2D eigenvalue weighted by Crippen LogP contribution is -2.01. The molecule has 66 valence electrons. The van der Waals surface area contributed by atoms with Gasteiger partial charge in [-0.1, -0.05) is 18.2 Å². The van der Waals surface area contributed by atoms with Crippen molar-refractivity contribution in [3.8, 4) is 11.8 Å². The van der Waals surface area contributed by atoms with Crippen molar-refractivity contribution < 1.29 is 9.78 Å². The molecule has 0 saturated heterocycles. The van der Waals surface area contributed by atoms with E-state index in [4.69, 9.17) is 9.78 Å². The van der Waals surface area contributed by atoms with E-state index in [1.165, 1.54) is 0 Å². The van der Waals surface area contributed by atoms with Crippen molar-refractivity contribution in [1.29, 1.82) is 0 Å². The Morgan fingerprint density at radius 3 is 2.62 bits per heavy atom. The van der Waals surface area contributed by atoms with Crippen LogP contribution in [0.5, 0.6) is 11.8 Å². The third-order valence-electron chi connectivity index (χ3n) is 1.43. The van der Waals surface area contributed by atoms with Gasteiger partial charge in [0, 0.05) is 12.4 Å². The molecule has 2 aromatic rings. The molecule has 1 heterocycles. The number of rotatable bonds is 3. The van der Waals surface area contributed by atoms with Crippen LogP contribution in [-0.4, -0.2) is 9.97 Å². The zero-order chi connectivity index (χ0) is 8.93. The predicted molar refractivity (Wildman–Crippen MR) is 46.3 cm³/mol. The van der Waals surface area contributed by atoms with Crippen molar-refractivity contribution in [1.82, 2.24) is 9.97 Å². The van der Waals surface area contributed by atoms with E-state index < -0.39 is 0 Å². The largest absolute Gasteiger partial charge is 0.344 e. The number of aromatic amines is 1. The number of hydrogen-bond acceptors (Lipinski definition) is 3. The highest BCUT2D eigenvalue weighted by molar-refractivity contribution is 5.20. The highest BCUT2D eigenvalue weighted by Crippen LogP contribution is 2.09. The molecule has 0 aliphatic rings. The number of imidazole rings is 1. The van der Waals surface area contributed by atoms with Crippen LogP contribution in [-0.2, 0) is 0 Å². The summed E-state index contributed by atoms with van der Waals surface area (Å²) >= 11 is 0. The number of hydrogen-bond donors (Lipinski definition) is 1. The van der Waals surface area contributed by atoms with Gasteiger partial charge in [0.1, 0.15) is 0 Å². The van der Waals surface area contributed by atoms with Crippen LogP contribution in [0.2, 0.25) is 0 Å². The third-order valence-corrected chi connectivity index (χ3v) is 1.43. The number of nitrogens with one attached hydrogen (secondary N) is 1. The second-order valence-corrected chi connectivity index (χ2v) is 2.37. The molecule has 2 rings (SSSR count). The maximum Gasteiger partial charge on any atom is 0.344 e. The van der Waals surface area contributed by atoms with Crippen LogP contribution in [0.25, 0.3) is 0 Å². The Balaban J connectivity index is 1.94. The van der Waals surface area contributed by atoms with Crippen LogP contribution in [0.1, 0.15) is 0 Å². The molecule has 0 radical (unpaired) electrons. The first-order chi connectivity index (χ1) is 6.45. The van der Waals surface area contributed by atoms with Crippen LogP contribution < -0.4 is 9.78 Å². The van der Waals surface area contributed by atoms with Crippen molar-refractivity contribution >= 4 is 0 Å². The molecule has 13 heavy (non-hydrogen) atoms. The quantitative estimate of drug-likeness (QED) is 0.572. The molecule has 4 nitrogen and oxygen atoms in total. The van der Waals surface area contributed by atoms with Gasteiger partial charge in [-0.3, -0.25) is 4.89 Å². The van der Waals surface area contributed by atoms with Crippen LogP contribution in [0.15, 0.2) is 42.7 Å². The number of aromatic nitrogens is 2. The molecule has 1 aromatic heterocycles. The summed E-state index contributed by atoms with van der Waals surface area (Å²) in [4.78, 5) is 16.4. The minimum Gasteiger partial charge on any atom is -0.311 e. The highest BCUT2D eigenvalue weighted by atomic mass is 17.2. The summed E-state index contributed by atoms with van der Waals surface area (Å²) in [5.41, 5.74) is 0. The van der Waals surface area contributed by atoms with Gasteiger partial charge < -0.3 is 4.98 Å². The van der Waals surface area contributed by atoms with Crippen LogP contribution in [0, 0.1) is 0 Å². The Morgan fingerprint density at radius 2 is 1.92 bits per heavy atom. The molecule has 0 fully saturated rings. The Labute approximate surface area is 75.1 Å². The standard InChI is InChI=1S/C9H8N2O2/c1-2-4-8(5-3-1)12-13-9-10-6-7-11-9/h1-7H,(H,10,11). The highest BCUT2D eigenvalue weighted by Gasteiger charge is 1.96. The summed E-state index contributed by atoms with van der Waals surface area (Å²) < 4.78 is 0. The maximum atomic E-state index is 4.96. The van der Waals surface area contributed by atoms with Crippen molar-refractivity contribution in [2.24, 2.45) is 0 Å². The van der Waals surface area contributed by atoms with E-state index in [0.717, 1.165) is 0 Å². The number of benzene rings is 1. The molecule has 0 aliphatic carbocycles. The van der Waals surface area contributed by atoms with Gasteiger partial charge in [-0.25, -0.2) is 9.87 Å². The monoisotopic (exact) mass is 176 g/mol. The molecular formula is C9H8N2O2. The van der Waals surface area contributed by atoms with Gasteiger partial charge in [0.15, 0.2) is 5.75 Å². The smallest absolute Gasteiger partial charge is 0.311 e. The third kappa shape index (κ3) is 1.99. The zero-order valence-electron chi connectivity index (χ0n) is 6.81. The number of H-pyrrole nitrogens is 1. The number of nitrogens with zero attached hydrogens (tertiary/aromatic N) is 1. The lowest BCUT2D eigenvalue weighted by molar-refractivity contribution is -0.108. The van der Waals surface area contributed by atoms with Crippen LogP contribution in [0.3, 0.4) is 0 Å². The molecule has 0 amide bonds. The Morgan fingerprint density at radius 1 is 1.08 bits per heavy atom. The molecule has 0 saturated carbocycles. The van der Waals surface area contributed by atoms with E-state index in [9.17, 15) is 0 Å². The van der Waals surface area contributed by atoms with Gasteiger partial charge in [-0.15, -0.1) is 0 Å². The first-order valence-electron chi connectivity index (χ1n) is 3.84. The lowest BCUT2D eigenvalue weighted by atomic mass is 10.3. The van der Waals surface area contributed by atoms with E-state index in [-0.39, 0.29) is 0 Å². The summed E-state index contributed by atoms with van der Waals surface area (Å²) in [5.74, 6) is 0.638. The maximum absolute atomic E-state index is 4.96. The molecule has 0 spiro atoms. The first-order valence-corrected chi connectivity index (χ1v) is 3.84. The topological polar surface area (TPSA) is 47.1 Å². The van der Waals surface area contributed by atoms with Gasteiger partial charge in [0.25, 0.3) is 0 Å². The second-order valence-electron chi connectivity index (χ2n) is 2.37. The summed E-state index contributed by atoms with van der Waals surface area (Å²) in [7, 11) is 0. The van der Waals surface area contributed by atoms with Gasteiger partial charge in [-0.05, 0) is 12.1 Å². The predicted octanol–water partition coefficient (Wildman–Crippen LogP) is 1.78. The molecule has 1 aromatic carbocycles. The van der Waals surface area contributed by atoms with Crippen LogP contribution in [0.4, 0.5) is 0 Å². The Bertz CT molecular complexity index is 345. The van der Waals surface area contributed by atoms with E-state index in [1.807, 2.05) is 18.2 Å². The molecule has 1 N–H and O–H groups in total. The Kier molecular flexibility index (Phi) is 2.14. The van der Waals surface area contributed by atoms with Gasteiger partial charge in [-0.2, -0.15) is 0 Å². The lowest BCUT2D eigenvalue weighted by Gasteiger charge is -2.00. The molecule has 0 bridgehead atoms. The molecule has 0 aliphatic heterocycles. The summed E-state index contributed by atoms with van der Waals surface area (Å²) in [6.45, 7) is 0. The van der Waals surface area contributed by atoms with Crippen molar-refractivity contribution in [3.05, 3.63) is 42.7 Å². The summed E-state index contributed by atoms with van der Waals surface area (Å²) in [5, 5.41) is 0. The average Bonchev–Trinajstić information content (AvgIpc) is 2.69. The summed E-state index contributed by atoms with van der Waals surface area (Å²) in [6.07, 6.45) is 3.24. The van der Waals surface area contributed by atoms with Crippen molar-refractivity contribution in [2.45, 2.75) is 0 Å². The second kappa shape index (κ2) is 3.62. The normalized spacial score (nSPS) is 9.54. The number of para-hydroxylation sites is 1. The fraction of sp³-hybridized carbons (Fsp3) is 0. The zero-order valence-corrected chi connectivity index (χ0v) is 6.81. The molecule has 4 heteroatoms. The van der Waals surface area contributed by atoms with Crippen molar-refractivity contribution in [3.63, 3.8) is 0 Å². The van der Waals surface area contributed by atoms with Gasteiger partial charge in [0.05, 0.1) is 0 Å². The minimum absolute atomic E-state index is 0.337. The molecular weight excluding hydrogens is 168 g/mol. The van der Waals surface area contributed by atoms with E-state index in [0.29, 0.717) is 11.8 Å². The Hall–Kier alpha value is -1.97. The van der Waals surface area contributed by atoms with Crippen LogP contribution >= 0.6 is 0 Å². The molecule has 0 atom stereocenters. The average molecular weight is 176 g/mol. The van der Waals surface area contributed by atoms with E-state index in [1.54, 1.807) is 24.5 Å². The fourth-order valence-corrected chi connectivity index (χ4v) is 0.860. The SMILES string of the molecule is c1ccc(OOc2ncc[nH]2)cc1.